The van der Waals surface area contributed by atoms with E-state index in [1.54, 1.807) is 0 Å². The molecule has 0 aromatic heterocycles. The zero-order chi connectivity index (χ0) is 12.7. The van der Waals surface area contributed by atoms with Crippen molar-refractivity contribution >= 4 is 15.9 Å². The van der Waals surface area contributed by atoms with Crippen LogP contribution in [0.2, 0.25) is 0 Å². The van der Waals surface area contributed by atoms with Gasteiger partial charge in [-0.1, -0.05) is 55.0 Å². The van der Waals surface area contributed by atoms with Gasteiger partial charge in [-0.15, -0.1) is 0 Å². The maximum atomic E-state index is 9.74. The van der Waals surface area contributed by atoms with Crippen molar-refractivity contribution in [2.75, 3.05) is 5.33 Å². The standard InChI is InChI=1S/C13H25BrO3/c1-2-3-4-5-6-7-10-8-11(15)13(16)12(9-14)17-10/h10-13,15-16H,2-9H2,1H3/t10?,11?,12-,13?/m1/s1. The average Bonchev–Trinajstić information content (AvgIpc) is 2.33. The van der Waals surface area contributed by atoms with Crippen molar-refractivity contribution in [2.45, 2.75) is 76.3 Å². The lowest BCUT2D eigenvalue weighted by Gasteiger charge is -2.36. The van der Waals surface area contributed by atoms with Crippen LogP contribution in [-0.4, -0.2) is 40.0 Å². The third-order valence-corrected chi connectivity index (χ3v) is 4.07. The van der Waals surface area contributed by atoms with Gasteiger partial charge in [-0.05, 0) is 6.42 Å². The number of hydrogen-bond donors (Lipinski definition) is 2. The Morgan fingerprint density at radius 1 is 1.18 bits per heavy atom. The quantitative estimate of drug-likeness (QED) is 0.561. The minimum Gasteiger partial charge on any atom is -0.390 e. The highest BCUT2D eigenvalue weighted by molar-refractivity contribution is 9.09. The van der Waals surface area contributed by atoms with Crippen molar-refractivity contribution < 1.29 is 14.9 Å². The monoisotopic (exact) mass is 308 g/mol. The molecule has 0 amide bonds. The van der Waals surface area contributed by atoms with Gasteiger partial charge in [0.05, 0.1) is 18.3 Å². The molecular weight excluding hydrogens is 284 g/mol. The molecular formula is C13H25BrO3. The molecule has 0 saturated carbocycles. The van der Waals surface area contributed by atoms with Crippen LogP contribution in [-0.2, 0) is 4.74 Å². The molecule has 0 radical (unpaired) electrons. The highest BCUT2D eigenvalue weighted by Crippen LogP contribution is 2.25. The van der Waals surface area contributed by atoms with E-state index in [-0.39, 0.29) is 12.2 Å². The summed E-state index contributed by atoms with van der Waals surface area (Å²) in [7, 11) is 0. The van der Waals surface area contributed by atoms with Crippen LogP contribution in [0, 0.1) is 0 Å². The first kappa shape index (κ1) is 15.4. The summed E-state index contributed by atoms with van der Waals surface area (Å²) < 4.78 is 5.77. The van der Waals surface area contributed by atoms with Crippen molar-refractivity contribution in [1.29, 1.82) is 0 Å². The van der Waals surface area contributed by atoms with Gasteiger partial charge in [-0.2, -0.15) is 0 Å². The van der Waals surface area contributed by atoms with E-state index in [4.69, 9.17) is 4.74 Å². The summed E-state index contributed by atoms with van der Waals surface area (Å²) in [6.07, 6.45) is 6.28. The summed E-state index contributed by atoms with van der Waals surface area (Å²) >= 11 is 3.31. The fourth-order valence-corrected chi connectivity index (χ4v) is 2.86. The Labute approximate surface area is 113 Å². The molecule has 0 aromatic rings. The molecule has 0 aliphatic carbocycles. The molecule has 102 valence electrons. The van der Waals surface area contributed by atoms with Gasteiger partial charge < -0.3 is 14.9 Å². The molecule has 0 spiro atoms. The fraction of sp³-hybridized carbons (Fsp3) is 1.00. The van der Waals surface area contributed by atoms with Gasteiger partial charge in [0.2, 0.25) is 0 Å². The van der Waals surface area contributed by atoms with E-state index in [1.165, 1.54) is 25.7 Å². The van der Waals surface area contributed by atoms with Gasteiger partial charge in [0.15, 0.2) is 0 Å². The summed E-state index contributed by atoms with van der Waals surface area (Å²) in [5, 5.41) is 20.0. The zero-order valence-corrected chi connectivity index (χ0v) is 12.2. The number of aliphatic hydroxyl groups is 2. The summed E-state index contributed by atoms with van der Waals surface area (Å²) in [4.78, 5) is 0. The Balaban J connectivity index is 2.20. The molecule has 1 aliphatic rings. The second kappa shape index (κ2) is 8.46. The zero-order valence-electron chi connectivity index (χ0n) is 10.6. The molecule has 4 heteroatoms. The number of aliphatic hydroxyl groups excluding tert-OH is 2. The van der Waals surface area contributed by atoms with Crippen LogP contribution in [0.1, 0.15) is 51.9 Å². The predicted octanol–water partition coefficient (Wildman–Crippen LogP) is 2.62. The van der Waals surface area contributed by atoms with Gasteiger partial charge in [0, 0.05) is 11.8 Å². The lowest BCUT2D eigenvalue weighted by Crippen LogP contribution is -2.48. The van der Waals surface area contributed by atoms with Crippen molar-refractivity contribution in [3.8, 4) is 0 Å². The molecule has 0 aromatic carbocycles. The number of rotatable bonds is 7. The maximum absolute atomic E-state index is 9.74. The van der Waals surface area contributed by atoms with Crippen LogP contribution in [0.25, 0.3) is 0 Å². The fourth-order valence-electron chi connectivity index (χ4n) is 2.33. The van der Waals surface area contributed by atoms with Crippen LogP contribution in [0.5, 0.6) is 0 Å². The lowest BCUT2D eigenvalue weighted by atomic mass is 9.95. The summed E-state index contributed by atoms with van der Waals surface area (Å²) in [6.45, 7) is 2.21. The second-order valence-corrected chi connectivity index (χ2v) is 5.59. The molecule has 17 heavy (non-hydrogen) atoms. The number of alkyl halides is 1. The first-order chi connectivity index (χ1) is 8.19. The smallest absolute Gasteiger partial charge is 0.107 e. The van der Waals surface area contributed by atoms with Crippen LogP contribution in [0.3, 0.4) is 0 Å². The Kier molecular flexibility index (Phi) is 7.67. The van der Waals surface area contributed by atoms with E-state index in [1.807, 2.05) is 0 Å². The second-order valence-electron chi connectivity index (χ2n) is 4.95. The van der Waals surface area contributed by atoms with E-state index in [2.05, 4.69) is 22.9 Å². The largest absolute Gasteiger partial charge is 0.390 e. The lowest BCUT2D eigenvalue weighted by molar-refractivity contribution is -0.161. The van der Waals surface area contributed by atoms with Crippen molar-refractivity contribution in [1.82, 2.24) is 0 Å². The van der Waals surface area contributed by atoms with Crippen molar-refractivity contribution in [3.05, 3.63) is 0 Å². The Bertz CT molecular complexity index is 201. The third kappa shape index (κ3) is 5.25. The van der Waals surface area contributed by atoms with Gasteiger partial charge in [-0.3, -0.25) is 0 Å². The van der Waals surface area contributed by atoms with E-state index >= 15 is 0 Å². The number of unbranched alkanes of at least 4 members (excludes halogenated alkanes) is 4. The van der Waals surface area contributed by atoms with Crippen molar-refractivity contribution in [2.24, 2.45) is 0 Å². The molecule has 4 atom stereocenters. The summed E-state index contributed by atoms with van der Waals surface area (Å²) in [5.41, 5.74) is 0. The summed E-state index contributed by atoms with van der Waals surface area (Å²) in [6, 6.07) is 0. The molecule has 3 unspecified atom stereocenters. The third-order valence-electron chi connectivity index (χ3n) is 3.43. The van der Waals surface area contributed by atoms with Gasteiger partial charge in [-0.25, -0.2) is 0 Å². The summed E-state index contributed by atoms with van der Waals surface area (Å²) in [5.74, 6) is 0. The first-order valence-corrected chi connectivity index (χ1v) is 7.88. The predicted molar refractivity (Wildman–Crippen MR) is 72.5 cm³/mol. The van der Waals surface area contributed by atoms with Crippen LogP contribution in [0.4, 0.5) is 0 Å². The molecule has 1 heterocycles. The van der Waals surface area contributed by atoms with Gasteiger partial charge >= 0.3 is 0 Å². The average molecular weight is 309 g/mol. The topological polar surface area (TPSA) is 49.7 Å². The normalized spacial score (nSPS) is 33.9. The highest BCUT2D eigenvalue weighted by Gasteiger charge is 2.35. The molecule has 2 N–H and O–H groups in total. The number of halogens is 1. The SMILES string of the molecule is CCCCCCCC1CC(O)C(O)[C@@H](CBr)O1. The van der Waals surface area contributed by atoms with E-state index < -0.39 is 12.2 Å². The highest BCUT2D eigenvalue weighted by atomic mass is 79.9. The van der Waals surface area contributed by atoms with Crippen LogP contribution < -0.4 is 0 Å². The minimum absolute atomic E-state index is 0.109. The Morgan fingerprint density at radius 2 is 1.88 bits per heavy atom. The first-order valence-electron chi connectivity index (χ1n) is 6.76. The van der Waals surface area contributed by atoms with E-state index in [0.717, 1.165) is 12.8 Å². The van der Waals surface area contributed by atoms with Gasteiger partial charge in [0.1, 0.15) is 6.10 Å². The molecule has 1 rings (SSSR count). The Hall–Kier alpha value is 0.360. The maximum Gasteiger partial charge on any atom is 0.107 e. The molecule has 1 fully saturated rings. The van der Waals surface area contributed by atoms with Gasteiger partial charge in [0.25, 0.3) is 0 Å². The van der Waals surface area contributed by atoms with Crippen LogP contribution >= 0.6 is 15.9 Å². The molecule has 0 bridgehead atoms. The Morgan fingerprint density at radius 3 is 2.53 bits per heavy atom. The number of ether oxygens (including phenoxy) is 1. The van der Waals surface area contributed by atoms with Crippen molar-refractivity contribution in [3.63, 3.8) is 0 Å². The number of hydrogen-bond acceptors (Lipinski definition) is 3. The van der Waals surface area contributed by atoms with Crippen LogP contribution in [0.15, 0.2) is 0 Å². The molecule has 1 saturated heterocycles. The van der Waals surface area contributed by atoms with E-state index in [9.17, 15) is 10.2 Å². The minimum atomic E-state index is -0.745. The molecule has 3 nitrogen and oxygen atoms in total. The van der Waals surface area contributed by atoms with E-state index in [0.29, 0.717) is 11.8 Å². The molecule has 1 aliphatic heterocycles.